The van der Waals surface area contributed by atoms with Gasteiger partial charge in [-0.15, -0.1) is 0 Å². The number of rotatable bonds is 7. The van der Waals surface area contributed by atoms with Crippen LogP contribution < -0.4 is 0 Å². The number of hydrogen-bond acceptors (Lipinski definition) is 4. The fourth-order valence-electron chi connectivity index (χ4n) is 10.5. The molecule has 0 unspecified atom stereocenters. The van der Waals surface area contributed by atoms with Gasteiger partial charge in [0.15, 0.2) is 11.6 Å². The van der Waals surface area contributed by atoms with Crippen LogP contribution in [0.1, 0.15) is 0 Å². The minimum absolute atomic E-state index is 0.534. The molecular formula is C63H39N5O. The highest BCUT2D eigenvalue weighted by Gasteiger charge is 2.23. The van der Waals surface area contributed by atoms with Crippen molar-refractivity contribution < 1.29 is 4.42 Å². The quantitative estimate of drug-likeness (QED) is 0.160. The predicted octanol–water partition coefficient (Wildman–Crippen LogP) is 16.3. The molecule has 322 valence electrons. The van der Waals surface area contributed by atoms with Crippen molar-refractivity contribution in [1.29, 1.82) is 0 Å². The molecule has 0 amide bonds. The molecule has 4 aromatic heterocycles. The molecule has 0 fully saturated rings. The van der Waals surface area contributed by atoms with Gasteiger partial charge in [0.25, 0.3) is 0 Å². The summed E-state index contributed by atoms with van der Waals surface area (Å²) in [6.45, 7) is 0. The molecule has 0 spiro atoms. The van der Waals surface area contributed by atoms with Gasteiger partial charge in [0.2, 0.25) is 5.95 Å². The Morgan fingerprint density at radius 3 is 1.52 bits per heavy atom. The maximum absolute atomic E-state index is 6.53. The zero-order chi connectivity index (χ0) is 45.4. The van der Waals surface area contributed by atoms with Crippen molar-refractivity contribution in [2.24, 2.45) is 0 Å². The van der Waals surface area contributed by atoms with Crippen LogP contribution in [0.5, 0.6) is 0 Å². The summed E-state index contributed by atoms with van der Waals surface area (Å²) in [6, 6.07) is 83.3. The second-order valence-corrected chi connectivity index (χ2v) is 17.5. The van der Waals surface area contributed by atoms with E-state index in [4.69, 9.17) is 19.4 Å². The standard InChI is InChI=1S/C63H39N5O/c1-3-18-40(19-4-1)45-37-36-44(39-57(45)67-54-32-11-7-24-48(54)49-25-8-12-33-55(49)67)62-64-61(41-20-5-2-6-21-41)65-63(66-62)68-56-34-13-9-26-50(56)52-30-16-28-46(59(52)68)42-22-15-23-43(38-42)47-29-17-31-53-51-27-10-14-35-58(51)69-60(47)53/h1-39H. The van der Waals surface area contributed by atoms with Crippen LogP contribution >= 0.6 is 0 Å². The third-order valence-corrected chi connectivity index (χ3v) is 13.6. The lowest BCUT2D eigenvalue weighted by Gasteiger charge is -2.17. The molecular weight excluding hydrogens is 843 g/mol. The highest BCUT2D eigenvalue weighted by Crippen LogP contribution is 2.42. The Morgan fingerprint density at radius 1 is 0.304 bits per heavy atom. The number of hydrogen-bond donors (Lipinski definition) is 0. The van der Waals surface area contributed by atoms with Crippen molar-refractivity contribution in [3.63, 3.8) is 0 Å². The summed E-state index contributed by atoms with van der Waals surface area (Å²) in [5.41, 5.74) is 15.3. The number of para-hydroxylation sites is 6. The summed E-state index contributed by atoms with van der Waals surface area (Å²) in [5.74, 6) is 1.70. The van der Waals surface area contributed by atoms with E-state index in [1.165, 1.54) is 10.8 Å². The van der Waals surface area contributed by atoms with Gasteiger partial charge in [-0.3, -0.25) is 4.57 Å². The number of aromatic nitrogens is 5. The summed E-state index contributed by atoms with van der Waals surface area (Å²) < 4.78 is 11.2. The average Bonchev–Trinajstić information content (AvgIpc) is 4.09. The fraction of sp³-hybridized carbons (Fsp3) is 0. The summed E-state index contributed by atoms with van der Waals surface area (Å²) in [7, 11) is 0. The Kier molecular flexibility index (Phi) is 8.79. The molecule has 0 aliphatic heterocycles. The molecule has 0 N–H and O–H groups in total. The van der Waals surface area contributed by atoms with Gasteiger partial charge in [-0.1, -0.05) is 200 Å². The van der Waals surface area contributed by atoms with E-state index >= 15 is 0 Å². The number of benzene rings is 10. The molecule has 14 aromatic rings. The second-order valence-electron chi connectivity index (χ2n) is 17.5. The zero-order valence-corrected chi connectivity index (χ0v) is 37.2. The van der Waals surface area contributed by atoms with E-state index < -0.39 is 0 Å². The van der Waals surface area contributed by atoms with Crippen molar-refractivity contribution in [3.05, 3.63) is 237 Å². The van der Waals surface area contributed by atoms with E-state index in [0.717, 1.165) is 105 Å². The number of fused-ring (bicyclic) bond motifs is 9. The SMILES string of the molecule is c1ccc(-c2nc(-c3ccc(-c4ccccc4)c(-n4c5ccccc5c5ccccc54)c3)nc(-n3c4ccccc4c4cccc(-c5cccc(-c6cccc7c6oc6ccccc67)c5)c43)n2)cc1. The fourth-order valence-corrected chi connectivity index (χ4v) is 10.5. The first-order valence-corrected chi connectivity index (χ1v) is 23.3. The molecule has 14 rings (SSSR count). The highest BCUT2D eigenvalue weighted by molar-refractivity contribution is 6.14. The van der Waals surface area contributed by atoms with Crippen molar-refractivity contribution in [3.8, 4) is 67.8 Å². The van der Waals surface area contributed by atoms with Crippen LogP contribution in [-0.2, 0) is 0 Å². The molecule has 6 nitrogen and oxygen atoms in total. The molecule has 6 heteroatoms. The Hall–Kier alpha value is -9.39. The van der Waals surface area contributed by atoms with Crippen molar-refractivity contribution in [2.45, 2.75) is 0 Å². The summed E-state index contributed by atoms with van der Waals surface area (Å²) >= 11 is 0. The minimum atomic E-state index is 0.534. The topological polar surface area (TPSA) is 61.7 Å². The van der Waals surface area contributed by atoms with Gasteiger partial charge in [-0.05, 0) is 53.1 Å². The molecule has 69 heavy (non-hydrogen) atoms. The Balaban J connectivity index is 1.01. The smallest absolute Gasteiger partial charge is 0.238 e. The molecule has 4 heterocycles. The summed E-state index contributed by atoms with van der Waals surface area (Å²) in [6.07, 6.45) is 0. The van der Waals surface area contributed by atoms with Crippen molar-refractivity contribution in [1.82, 2.24) is 24.1 Å². The van der Waals surface area contributed by atoms with Crippen LogP contribution in [0.3, 0.4) is 0 Å². The first-order valence-electron chi connectivity index (χ1n) is 23.3. The van der Waals surface area contributed by atoms with E-state index in [9.17, 15) is 0 Å². The molecule has 0 aliphatic rings. The molecule has 0 radical (unpaired) electrons. The zero-order valence-electron chi connectivity index (χ0n) is 37.2. The van der Waals surface area contributed by atoms with Crippen LogP contribution in [0.15, 0.2) is 241 Å². The van der Waals surface area contributed by atoms with Gasteiger partial charge in [-0.25, -0.2) is 4.98 Å². The van der Waals surface area contributed by atoms with Crippen LogP contribution in [0.2, 0.25) is 0 Å². The molecule has 0 saturated carbocycles. The predicted molar refractivity (Wildman–Crippen MR) is 283 cm³/mol. The Labute approximate surface area is 396 Å². The first-order chi connectivity index (χ1) is 34.2. The van der Waals surface area contributed by atoms with Crippen molar-refractivity contribution >= 4 is 65.6 Å². The second kappa shape index (κ2) is 15.6. The van der Waals surface area contributed by atoms with Gasteiger partial charge in [-0.2, -0.15) is 9.97 Å². The minimum Gasteiger partial charge on any atom is -0.455 e. The van der Waals surface area contributed by atoms with E-state index in [1.54, 1.807) is 0 Å². The summed E-state index contributed by atoms with van der Waals surface area (Å²) in [5, 5.41) is 6.84. The molecule has 0 bridgehead atoms. The van der Waals surface area contributed by atoms with Gasteiger partial charge in [0.1, 0.15) is 11.2 Å². The molecule has 10 aromatic carbocycles. The monoisotopic (exact) mass is 881 g/mol. The van der Waals surface area contributed by atoms with Crippen LogP contribution in [0, 0.1) is 0 Å². The maximum atomic E-state index is 6.53. The lowest BCUT2D eigenvalue weighted by atomic mass is 9.96. The molecule has 0 saturated heterocycles. The van der Waals surface area contributed by atoms with E-state index in [2.05, 4.69) is 215 Å². The lowest BCUT2D eigenvalue weighted by Crippen LogP contribution is -2.07. The van der Waals surface area contributed by atoms with Gasteiger partial charge in [0, 0.05) is 60.1 Å². The van der Waals surface area contributed by atoms with Gasteiger partial charge in [0.05, 0.1) is 27.8 Å². The van der Waals surface area contributed by atoms with E-state index in [0.29, 0.717) is 17.6 Å². The number of nitrogens with zero attached hydrogens (tertiary/aromatic N) is 5. The molecule has 0 aliphatic carbocycles. The normalized spacial score (nSPS) is 11.8. The van der Waals surface area contributed by atoms with Crippen LogP contribution in [0.4, 0.5) is 0 Å². The highest BCUT2D eigenvalue weighted by atomic mass is 16.3. The molecule has 0 atom stereocenters. The maximum Gasteiger partial charge on any atom is 0.238 e. The van der Waals surface area contributed by atoms with Crippen molar-refractivity contribution in [2.75, 3.05) is 0 Å². The van der Waals surface area contributed by atoms with Crippen LogP contribution in [0.25, 0.3) is 133 Å². The largest absolute Gasteiger partial charge is 0.455 e. The average molecular weight is 882 g/mol. The third kappa shape index (κ3) is 6.23. The van der Waals surface area contributed by atoms with E-state index in [-0.39, 0.29) is 0 Å². The Morgan fingerprint density at radius 2 is 0.812 bits per heavy atom. The summed E-state index contributed by atoms with van der Waals surface area (Å²) in [4.78, 5) is 16.2. The van der Waals surface area contributed by atoms with Gasteiger partial charge < -0.3 is 8.98 Å². The first kappa shape index (κ1) is 38.8. The Bertz CT molecular complexity index is 4260. The van der Waals surface area contributed by atoms with Gasteiger partial charge >= 0.3 is 0 Å². The van der Waals surface area contributed by atoms with Crippen LogP contribution in [-0.4, -0.2) is 24.1 Å². The van der Waals surface area contributed by atoms with E-state index in [1.807, 2.05) is 30.3 Å². The third-order valence-electron chi connectivity index (χ3n) is 13.6. The lowest BCUT2D eigenvalue weighted by molar-refractivity contribution is 0.670. The number of furan rings is 1.